The number of hydrogen-bond acceptors (Lipinski definition) is 6. The number of hydrogen-bond donors (Lipinski definition) is 2. The predicted octanol–water partition coefficient (Wildman–Crippen LogP) is 0.838. The Labute approximate surface area is 160 Å². The highest BCUT2D eigenvalue weighted by atomic mass is 35.5. The molecule has 0 aliphatic carbocycles. The fourth-order valence-corrected chi connectivity index (χ4v) is 5.44. The lowest BCUT2D eigenvalue weighted by molar-refractivity contribution is -0.132. The fourth-order valence-electron chi connectivity index (χ4n) is 3.91. The molecule has 2 aliphatic heterocycles. The van der Waals surface area contributed by atoms with E-state index in [2.05, 4.69) is 15.2 Å². The molecule has 3 heterocycles. The van der Waals surface area contributed by atoms with Crippen molar-refractivity contribution < 1.29 is 17.7 Å². The number of aromatic nitrogens is 1. The van der Waals surface area contributed by atoms with Crippen LogP contribution in [-0.4, -0.2) is 56.6 Å². The predicted molar refractivity (Wildman–Crippen MR) is 98.7 cm³/mol. The first-order valence-electron chi connectivity index (χ1n) is 8.74. The number of aryl methyl sites for hydroxylation is 2. The Kier molecular flexibility index (Phi) is 6.70. The molecule has 2 fully saturated rings. The summed E-state index contributed by atoms with van der Waals surface area (Å²) in [5.41, 5.74) is 0.291. The van der Waals surface area contributed by atoms with E-state index in [0.29, 0.717) is 30.6 Å². The molecule has 3 atom stereocenters. The molecule has 2 aliphatic rings. The Hall–Kier alpha value is -1.16. The number of halogens is 1. The summed E-state index contributed by atoms with van der Waals surface area (Å²) in [7, 11) is -3.85. The molecular formula is C16H27ClN4O4S. The minimum Gasteiger partial charge on any atom is -0.360 e. The molecule has 0 aromatic carbocycles. The van der Waals surface area contributed by atoms with Gasteiger partial charge in [0.15, 0.2) is 5.76 Å². The topological polar surface area (TPSA) is 105 Å². The van der Waals surface area contributed by atoms with Crippen LogP contribution in [-0.2, 0) is 14.8 Å². The number of carbonyl (C=O) groups excluding carboxylic acids is 1. The third-order valence-electron chi connectivity index (χ3n) is 5.27. The summed E-state index contributed by atoms with van der Waals surface area (Å²) in [4.78, 5) is 14.5. The normalized spacial score (nSPS) is 24.5. The molecule has 1 aromatic rings. The van der Waals surface area contributed by atoms with E-state index in [1.54, 1.807) is 25.7 Å². The Morgan fingerprint density at radius 1 is 1.27 bits per heavy atom. The molecule has 10 heteroatoms. The molecule has 1 amide bonds. The van der Waals surface area contributed by atoms with Crippen molar-refractivity contribution >= 4 is 28.3 Å². The van der Waals surface area contributed by atoms with Gasteiger partial charge in [-0.1, -0.05) is 5.16 Å². The van der Waals surface area contributed by atoms with Crippen molar-refractivity contribution in [2.75, 3.05) is 26.2 Å². The lowest BCUT2D eigenvalue weighted by Gasteiger charge is -2.25. The quantitative estimate of drug-likeness (QED) is 0.767. The van der Waals surface area contributed by atoms with Gasteiger partial charge in [0.05, 0.1) is 6.04 Å². The zero-order valence-corrected chi connectivity index (χ0v) is 17.0. The van der Waals surface area contributed by atoms with Crippen LogP contribution in [0.2, 0.25) is 0 Å². The monoisotopic (exact) mass is 406 g/mol. The van der Waals surface area contributed by atoms with Crippen molar-refractivity contribution in [1.82, 2.24) is 20.1 Å². The van der Waals surface area contributed by atoms with Crippen molar-refractivity contribution in [1.29, 1.82) is 0 Å². The van der Waals surface area contributed by atoms with Gasteiger partial charge in [-0.25, -0.2) is 8.42 Å². The summed E-state index contributed by atoms with van der Waals surface area (Å²) < 4.78 is 32.5. The Morgan fingerprint density at radius 2 is 1.85 bits per heavy atom. The maximum atomic E-state index is 12.7. The highest BCUT2D eigenvalue weighted by Crippen LogP contribution is 2.27. The number of sulfonamides is 1. The minimum absolute atomic E-state index is 0. The second-order valence-corrected chi connectivity index (χ2v) is 8.73. The third kappa shape index (κ3) is 4.21. The average Bonchev–Trinajstić information content (AvgIpc) is 3.07. The highest BCUT2D eigenvalue weighted by molar-refractivity contribution is 7.89. The summed E-state index contributed by atoms with van der Waals surface area (Å²) in [6.07, 6.45) is 1.93. The van der Waals surface area contributed by atoms with E-state index < -0.39 is 16.1 Å². The largest absolute Gasteiger partial charge is 0.360 e. The van der Waals surface area contributed by atoms with Gasteiger partial charge in [0, 0.05) is 13.1 Å². The summed E-state index contributed by atoms with van der Waals surface area (Å²) >= 11 is 0. The van der Waals surface area contributed by atoms with E-state index in [4.69, 9.17) is 4.52 Å². The van der Waals surface area contributed by atoms with Gasteiger partial charge in [0.25, 0.3) is 0 Å². The number of fused-ring (bicyclic) bond motifs is 1. The van der Waals surface area contributed by atoms with Crippen LogP contribution in [0.4, 0.5) is 0 Å². The van der Waals surface area contributed by atoms with Gasteiger partial charge in [-0.05, 0) is 58.5 Å². The summed E-state index contributed by atoms with van der Waals surface area (Å²) in [6, 6.07) is -0.824. The molecule has 3 rings (SSSR count). The van der Waals surface area contributed by atoms with Gasteiger partial charge in [0.2, 0.25) is 15.9 Å². The second-order valence-electron chi connectivity index (χ2n) is 7.08. The number of rotatable bonds is 4. The van der Waals surface area contributed by atoms with Crippen LogP contribution in [0.5, 0.6) is 0 Å². The lowest BCUT2D eigenvalue weighted by atomic mass is 9.92. The third-order valence-corrected chi connectivity index (χ3v) is 7.05. The minimum atomic E-state index is -3.85. The molecule has 2 saturated heterocycles. The number of amides is 1. The second kappa shape index (κ2) is 8.24. The van der Waals surface area contributed by atoms with Crippen LogP contribution in [0.25, 0.3) is 0 Å². The van der Waals surface area contributed by atoms with Gasteiger partial charge in [-0.3, -0.25) is 4.79 Å². The smallest absolute Gasteiger partial charge is 0.246 e. The SMILES string of the molecule is Cc1noc(C)c1S(=O)(=O)NC(C)C(=O)N1CC[C@@H]2CNC[C@@H]2CC1.Cl. The number of likely N-dealkylation sites (tertiary alicyclic amines) is 1. The molecule has 2 N–H and O–H groups in total. The van der Waals surface area contributed by atoms with Crippen molar-refractivity contribution in [3.05, 3.63) is 11.5 Å². The molecule has 1 aromatic heterocycles. The fraction of sp³-hybridized carbons (Fsp3) is 0.750. The summed E-state index contributed by atoms with van der Waals surface area (Å²) in [6.45, 7) is 8.09. The number of nitrogens with zero attached hydrogens (tertiary/aromatic N) is 2. The van der Waals surface area contributed by atoms with Gasteiger partial charge >= 0.3 is 0 Å². The van der Waals surface area contributed by atoms with E-state index in [1.807, 2.05) is 0 Å². The lowest BCUT2D eigenvalue weighted by Crippen LogP contribution is -2.47. The zero-order valence-electron chi connectivity index (χ0n) is 15.3. The number of nitrogens with one attached hydrogen (secondary N) is 2. The van der Waals surface area contributed by atoms with Gasteiger partial charge in [-0.2, -0.15) is 4.72 Å². The summed E-state index contributed by atoms with van der Waals surface area (Å²) in [5.74, 6) is 1.28. The van der Waals surface area contributed by atoms with Crippen LogP contribution < -0.4 is 10.0 Å². The van der Waals surface area contributed by atoms with Crippen molar-refractivity contribution in [3.63, 3.8) is 0 Å². The molecule has 148 valence electrons. The van der Waals surface area contributed by atoms with E-state index in [0.717, 1.165) is 25.9 Å². The molecular weight excluding hydrogens is 380 g/mol. The molecule has 1 unspecified atom stereocenters. The van der Waals surface area contributed by atoms with Gasteiger partial charge in [0.1, 0.15) is 10.6 Å². The first-order chi connectivity index (χ1) is 11.8. The van der Waals surface area contributed by atoms with E-state index in [1.165, 1.54) is 0 Å². The number of carbonyl (C=O) groups is 1. The van der Waals surface area contributed by atoms with Crippen LogP contribution in [0.3, 0.4) is 0 Å². The first-order valence-corrected chi connectivity index (χ1v) is 10.2. The maximum absolute atomic E-state index is 12.7. The van der Waals surface area contributed by atoms with Crippen LogP contribution in [0.1, 0.15) is 31.2 Å². The van der Waals surface area contributed by atoms with Crippen molar-refractivity contribution in [3.8, 4) is 0 Å². The van der Waals surface area contributed by atoms with E-state index in [9.17, 15) is 13.2 Å². The van der Waals surface area contributed by atoms with Crippen molar-refractivity contribution in [2.24, 2.45) is 11.8 Å². The average molecular weight is 407 g/mol. The first kappa shape index (κ1) is 21.1. The molecule has 0 radical (unpaired) electrons. The Morgan fingerprint density at radius 3 is 2.35 bits per heavy atom. The van der Waals surface area contributed by atoms with Gasteiger partial charge in [-0.15, -0.1) is 12.4 Å². The van der Waals surface area contributed by atoms with Crippen LogP contribution in [0, 0.1) is 25.7 Å². The van der Waals surface area contributed by atoms with Gasteiger partial charge < -0.3 is 14.7 Å². The Balaban J connectivity index is 0.00000243. The van der Waals surface area contributed by atoms with Crippen LogP contribution >= 0.6 is 12.4 Å². The van der Waals surface area contributed by atoms with E-state index in [-0.39, 0.29) is 29.0 Å². The summed E-state index contributed by atoms with van der Waals surface area (Å²) in [5, 5.41) is 7.08. The highest BCUT2D eigenvalue weighted by Gasteiger charge is 2.34. The maximum Gasteiger partial charge on any atom is 0.246 e. The molecule has 0 spiro atoms. The van der Waals surface area contributed by atoms with E-state index >= 15 is 0 Å². The molecule has 8 nitrogen and oxygen atoms in total. The van der Waals surface area contributed by atoms with Crippen molar-refractivity contribution in [2.45, 2.75) is 44.6 Å². The Bertz CT molecular complexity index is 718. The standard InChI is InChI=1S/C16H26N4O4S.ClH/c1-10-15(12(3)24-18-10)25(22,23)19-11(2)16(21)20-6-4-13-8-17-9-14(13)5-7-20;/h11,13-14,17,19H,4-9H2,1-3H3;1H/t11?,13-,14+;. The van der Waals surface area contributed by atoms with Crippen LogP contribution in [0.15, 0.2) is 9.42 Å². The molecule has 0 saturated carbocycles. The zero-order chi connectivity index (χ0) is 18.2. The molecule has 0 bridgehead atoms. The molecule has 26 heavy (non-hydrogen) atoms.